The number of aryl methyl sites for hydroxylation is 2. The highest BCUT2D eigenvalue weighted by atomic mass is 32.2. The van der Waals surface area contributed by atoms with Gasteiger partial charge in [-0.15, -0.1) is 0 Å². The van der Waals surface area contributed by atoms with Crippen LogP contribution in [0.15, 0.2) is 41.7 Å². The van der Waals surface area contributed by atoms with Crippen LogP contribution in [-0.2, 0) is 17.1 Å². The fourth-order valence-electron chi connectivity index (χ4n) is 3.20. The Labute approximate surface area is 152 Å². The van der Waals surface area contributed by atoms with Gasteiger partial charge < -0.3 is 4.90 Å². The summed E-state index contributed by atoms with van der Waals surface area (Å²) in [5.41, 5.74) is 1.81. The van der Waals surface area contributed by atoms with E-state index in [4.69, 9.17) is 0 Å². The molecule has 9 heteroatoms. The van der Waals surface area contributed by atoms with Gasteiger partial charge in [-0.1, -0.05) is 17.7 Å². The quantitative estimate of drug-likeness (QED) is 0.686. The van der Waals surface area contributed by atoms with E-state index in [9.17, 15) is 8.42 Å². The molecule has 0 radical (unpaired) electrons. The van der Waals surface area contributed by atoms with E-state index in [1.54, 1.807) is 23.0 Å². The van der Waals surface area contributed by atoms with Gasteiger partial charge in [-0.2, -0.15) is 9.40 Å². The molecule has 1 aliphatic rings. The van der Waals surface area contributed by atoms with Crippen molar-refractivity contribution in [3.63, 3.8) is 0 Å². The monoisotopic (exact) mass is 372 g/mol. The Bertz CT molecular complexity index is 1040. The van der Waals surface area contributed by atoms with Crippen molar-refractivity contribution in [3.8, 4) is 0 Å². The van der Waals surface area contributed by atoms with Gasteiger partial charge >= 0.3 is 0 Å². The zero-order chi connectivity index (χ0) is 18.3. The number of sulfonamides is 1. The number of hydrogen-bond donors (Lipinski definition) is 0. The van der Waals surface area contributed by atoms with Gasteiger partial charge in [0.2, 0.25) is 10.0 Å². The molecule has 3 heterocycles. The summed E-state index contributed by atoms with van der Waals surface area (Å²) in [5, 5.41) is 5.11. The van der Waals surface area contributed by atoms with Crippen LogP contribution < -0.4 is 4.90 Å². The Kier molecular flexibility index (Phi) is 4.12. The van der Waals surface area contributed by atoms with Gasteiger partial charge in [-0.3, -0.25) is 4.68 Å². The maximum Gasteiger partial charge on any atom is 0.243 e. The highest BCUT2D eigenvalue weighted by Gasteiger charge is 2.29. The van der Waals surface area contributed by atoms with Crippen LogP contribution in [0.5, 0.6) is 0 Å². The van der Waals surface area contributed by atoms with E-state index < -0.39 is 10.0 Å². The predicted molar refractivity (Wildman–Crippen MR) is 98.5 cm³/mol. The summed E-state index contributed by atoms with van der Waals surface area (Å²) in [4.78, 5) is 11.1. The first kappa shape index (κ1) is 16.9. The van der Waals surface area contributed by atoms with Gasteiger partial charge in [-0.05, 0) is 19.1 Å². The lowest BCUT2D eigenvalue weighted by Crippen LogP contribution is -2.49. The molecule has 0 atom stereocenters. The number of piperazine rings is 1. The molecule has 0 bridgehead atoms. The van der Waals surface area contributed by atoms with Gasteiger partial charge in [0.1, 0.15) is 12.1 Å². The number of fused-ring (bicyclic) bond motifs is 1. The van der Waals surface area contributed by atoms with Crippen LogP contribution in [0, 0.1) is 6.92 Å². The van der Waals surface area contributed by atoms with Crippen LogP contribution in [0.2, 0.25) is 0 Å². The second-order valence-corrected chi connectivity index (χ2v) is 8.34. The summed E-state index contributed by atoms with van der Waals surface area (Å²) in [6.07, 6.45) is 3.27. The van der Waals surface area contributed by atoms with Gasteiger partial charge in [0.05, 0.1) is 16.5 Å². The van der Waals surface area contributed by atoms with Crippen LogP contribution in [0.3, 0.4) is 0 Å². The SMILES string of the molecule is Cc1ccc(S(=O)(=O)N2CCN(c3ncnc4c3cnn4C)CC2)cc1. The van der Waals surface area contributed by atoms with Crippen molar-refractivity contribution in [3.05, 3.63) is 42.4 Å². The van der Waals surface area contributed by atoms with E-state index >= 15 is 0 Å². The zero-order valence-corrected chi connectivity index (χ0v) is 15.5. The average Bonchev–Trinajstić information content (AvgIpc) is 3.03. The Morgan fingerprint density at radius 2 is 1.69 bits per heavy atom. The lowest BCUT2D eigenvalue weighted by atomic mass is 10.2. The van der Waals surface area contributed by atoms with E-state index in [0.717, 1.165) is 22.4 Å². The van der Waals surface area contributed by atoms with Gasteiger partial charge in [0.25, 0.3) is 0 Å². The minimum Gasteiger partial charge on any atom is -0.353 e. The second kappa shape index (κ2) is 6.33. The molecule has 26 heavy (non-hydrogen) atoms. The summed E-state index contributed by atoms with van der Waals surface area (Å²) in [5.74, 6) is 0.801. The number of nitrogens with zero attached hydrogens (tertiary/aromatic N) is 6. The number of benzene rings is 1. The molecule has 3 aromatic rings. The Balaban J connectivity index is 1.54. The Morgan fingerprint density at radius 3 is 2.38 bits per heavy atom. The molecule has 2 aromatic heterocycles. The molecule has 4 rings (SSSR count). The normalized spacial score (nSPS) is 16.3. The minimum atomic E-state index is -3.47. The van der Waals surface area contributed by atoms with E-state index in [1.807, 2.05) is 26.1 Å². The van der Waals surface area contributed by atoms with Crippen molar-refractivity contribution < 1.29 is 8.42 Å². The zero-order valence-electron chi connectivity index (χ0n) is 14.7. The number of hydrogen-bond acceptors (Lipinski definition) is 6. The molecule has 0 amide bonds. The van der Waals surface area contributed by atoms with Crippen molar-refractivity contribution in [2.45, 2.75) is 11.8 Å². The predicted octanol–water partition coefficient (Wildman–Crippen LogP) is 1.18. The third-order valence-corrected chi connectivity index (χ3v) is 6.62. The van der Waals surface area contributed by atoms with E-state index in [1.165, 1.54) is 10.6 Å². The summed E-state index contributed by atoms with van der Waals surface area (Å²) in [6, 6.07) is 6.98. The number of anilines is 1. The fourth-order valence-corrected chi connectivity index (χ4v) is 4.62. The number of aromatic nitrogens is 4. The molecule has 0 unspecified atom stereocenters. The molecule has 0 saturated carbocycles. The van der Waals surface area contributed by atoms with Crippen LogP contribution in [-0.4, -0.2) is 58.7 Å². The van der Waals surface area contributed by atoms with Crippen LogP contribution >= 0.6 is 0 Å². The lowest BCUT2D eigenvalue weighted by molar-refractivity contribution is 0.384. The third kappa shape index (κ3) is 2.82. The molecule has 0 spiro atoms. The first-order valence-electron chi connectivity index (χ1n) is 8.41. The van der Waals surface area contributed by atoms with Gasteiger partial charge in [-0.25, -0.2) is 18.4 Å². The van der Waals surface area contributed by atoms with Crippen LogP contribution in [0.1, 0.15) is 5.56 Å². The van der Waals surface area contributed by atoms with Crippen molar-refractivity contribution in [2.75, 3.05) is 31.1 Å². The minimum absolute atomic E-state index is 0.341. The molecule has 1 aliphatic heterocycles. The first-order valence-corrected chi connectivity index (χ1v) is 9.85. The first-order chi connectivity index (χ1) is 12.5. The Morgan fingerprint density at radius 1 is 1.00 bits per heavy atom. The third-order valence-electron chi connectivity index (χ3n) is 4.71. The second-order valence-electron chi connectivity index (χ2n) is 6.41. The van der Waals surface area contributed by atoms with Gasteiger partial charge in [0.15, 0.2) is 5.65 Å². The standard InChI is InChI=1S/C17H20N6O2S/c1-13-3-5-14(6-4-13)26(24,25)23-9-7-22(8-10-23)17-15-11-20-21(2)16(15)18-12-19-17/h3-6,11-12H,7-10H2,1-2H3. The van der Waals surface area contributed by atoms with Crippen LogP contribution in [0.25, 0.3) is 11.0 Å². The molecule has 0 aliphatic carbocycles. The molecule has 0 N–H and O–H groups in total. The summed E-state index contributed by atoms with van der Waals surface area (Å²) in [7, 11) is -1.63. The van der Waals surface area contributed by atoms with Crippen molar-refractivity contribution in [2.24, 2.45) is 7.05 Å². The van der Waals surface area contributed by atoms with E-state index in [0.29, 0.717) is 31.1 Å². The maximum atomic E-state index is 12.8. The number of rotatable bonds is 3. The van der Waals surface area contributed by atoms with Crippen molar-refractivity contribution >= 4 is 26.9 Å². The molecule has 8 nitrogen and oxygen atoms in total. The summed E-state index contributed by atoms with van der Waals surface area (Å²) in [6.45, 7) is 3.93. The molecular weight excluding hydrogens is 352 g/mol. The highest BCUT2D eigenvalue weighted by molar-refractivity contribution is 7.89. The smallest absolute Gasteiger partial charge is 0.243 e. The average molecular weight is 372 g/mol. The molecule has 136 valence electrons. The topological polar surface area (TPSA) is 84.2 Å². The molecule has 1 fully saturated rings. The largest absolute Gasteiger partial charge is 0.353 e. The van der Waals surface area contributed by atoms with Crippen molar-refractivity contribution in [1.82, 2.24) is 24.1 Å². The van der Waals surface area contributed by atoms with Crippen LogP contribution in [0.4, 0.5) is 5.82 Å². The highest BCUT2D eigenvalue weighted by Crippen LogP contribution is 2.25. The molecule has 1 saturated heterocycles. The van der Waals surface area contributed by atoms with Gasteiger partial charge in [0, 0.05) is 33.2 Å². The summed E-state index contributed by atoms with van der Waals surface area (Å²) >= 11 is 0. The molecular formula is C17H20N6O2S. The maximum absolute atomic E-state index is 12.8. The fraction of sp³-hybridized carbons (Fsp3) is 0.353. The van der Waals surface area contributed by atoms with Crippen molar-refractivity contribution in [1.29, 1.82) is 0 Å². The summed E-state index contributed by atoms with van der Waals surface area (Å²) < 4.78 is 28.9. The van der Waals surface area contributed by atoms with E-state index in [2.05, 4.69) is 20.0 Å². The lowest BCUT2D eigenvalue weighted by Gasteiger charge is -2.34. The molecule has 1 aromatic carbocycles. The Hall–Kier alpha value is -2.52. The van der Waals surface area contributed by atoms with E-state index in [-0.39, 0.29) is 0 Å².